The van der Waals surface area contributed by atoms with Crippen molar-refractivity contribution in [2.45, 2.75) is 12.5 Å². The Morgan fingerprint density at radius 2 is 2.14 bits per heavy atom. The van der Waals surface area contributed by atoms with Crippen LogP contribution in [0.2, 0.25) is 0 Å². The van der Waals surface area contributed by atoms with E-state index in [2.05, 4.69) is 28.2 Å². The van der Waals surface area contributed by atoms with Crippen LogP contribution in [-0.4, -0.2) is 23.9 Å². The summed E-state index contributed by atoms with van der Waals surface area (Å²) in [5.41, 5.74) is 9.57. The Hall–Kier alpha value is -2.30. The summed E-state index contributed by atoms with van der Waals surface area (Å²) in [5.74, 6) is 0.231. The van der Waals surface area contributed by atoms with Crippen LogP contribution < -0.4 is 0 Å². The Balaban J connectivity index is 1.90. The number of benzene rings is 1. The van der Waals surface area contributed by atoms with Crippen LogP contribution in [0.5, 0.6) is 0 Å². The molecule has 1 aromatic carbocycles. The van der Waals surface area contributed by atoms with Gasteiger partial charge in [-0.25, -0.2) is 0 Å². The Morgan fingerprint density at radius 3 is 2.82 bits per heavy atom. The standard InChI is InChI=1S/C16H16N4OS/c17-19-18-10-12-9-15(21)20(11-12)16(14-7-4-8-22-14)13-5-2-1-3-6-13/h1-8,12,16H,9-11H2. The van der Waals surface area contributed by atoms with E-state index in [1.807, 2.05) is 34.5 Å². The van der Waals surface area contributed by atoms with E-state index in [1.54, 1.807) is 11.3 Å². The first kappa shape index (κ1) is 14.6. The molecular formula is C16H16N4OS. The van der Waals surface area contributed by atoms with Crippen LogP contribution in [0.3, 0.4) is 0 Å². The van der Waals surface area contributed by atoms with Gasteiger partial charge in [0.2, 0.25) is 5.91 Å². The van der Waals surface area contributed by atoms with Crippen LogP contribution in [0.4, 0.5) is 0 Å². The van der Waals surface area contributed by atoms with E-state index in [-0.39, 0.29) is 17.9 Å². The first-order valence-electron chi connectivity index (χ1n) is 7.18. The van der Waals surface area contributed by atoms with Crippen LogP contribution in [0.15, 0.2) is 53.0 Å². The molecule has 112 valence electrons. The van der Waals surface area contributed by atoms with Crippen molar-refractivity contribution in [1.29, 1.82) is 0 Å². The number of hydrogen-bond acceptors (Lipinski definition) is 3. The number of azide groups is 1. The Bertz CT molecular complexity index is 679. The molecule has 1 aliphatic rings. The second-order valence-corrected chi connectivity index (χ2v) is 6.34. The quantitative estimate of drug-likeness (QED) is 0.467. The van der Waals surface area contributed by atoms with E-state index in [1.165, 1.54) is 0 Å². The zero-order chi connectivity index (χ0) is 15.4. The summed E-state index contributed by atoms with van der Waals surface area (Å²) < 4.78 is 0. The minimum atomic E-state index is -0.0511. The van der Waals surface area contributed by atoms with Crippen LogP contribution in [0, 0.1) is 5.92 Å². The van der Waals surface area contributed by atoms with Crippen LogP contribution >= 0.6 is 11.3 Å². The zero-order valence-electron chi connectivity index (χ0n) is 12.0. The van der Waals surface area contributed by atoms with Crippen molar-refractivity contribution in [3.05, 3.63) is 68.7 Å². The molecule has 1 saturated heterocycles. The molecule has 5 nitrogen and oxygen atoms in total. The van der Waals surface area contributed by atoms with Gasteiger partial charge in [0.1, 0.15) is 0 Å². The second-order valence-electron chi connectivity index (χ2n) is 5.36. The number of rotatable bonds is 5. The van der Waals surface area contributed by atoms with Gasteiger partial charge in [-0.05, 0) is 28.5 Å². The normalized spacial score (nSPS) is 19.0. The predicted octanol–water partition coefficient (Wildman–Crippen LogP) is 4.00. The summed E-state index contributed by atoms with van der Waals surface area (Å²) in [6.07, 6.45) is 0.452. The molecule has 1 amide bonds. The van der Waals surface area contributed by atoms with Gasteiger partial charge in [-0.1, -0.05) is 41.5 Å². The zero-order valence-corrected chi connectivity index (χ0v) is 12.8. The van der Waals surface area contributed by atoms with E-state index < -0.39 is 0 Å². The van der Waals surface area contributed by atoms with Crippen LogP contribution in [0.25, 0.3) is 10.4 Å². The van der Waals surface area contributed by atoms with Crippen molar-refractivity contribution in [2.75, 3.05) is 13.1 Å². The molecule has 0 radical (unpaired) electrons. The molecule has 0 aliphatic carbocycles. The van der Waals surface area contributed by atoms with E-state index >= 15 is 0 Å². The number of amides is 1. The molecule has 2 unspecified atom stereocenters. The lowest BCUT2D eigenvalue weighted by Crippen LogP contribution is -2.30. The molecule has 22 heavy (non-hydrogen) atoms. The molecule has 3 rings (SSSR count). The third-order valence-corrected chi connectivity index (χ3v) is 4.81. The van der Waals surface area contributed by atoms with E-state index in [0.717, 1.165) is 10.4 Å². The molecular weight excluding hydrogens is 296 g/mol. The molecule has 1 aliphatic heterocycles. The van der Waals surface area contributed by atoms with Gasteiger partial charge in [0.05, 0.1) is 6.04 Å². The SMILES string of the molecule is [N-]=[N+]=NCC1CC(=O)N(C(c2ccccc2)c2cccs2)C1. The van der Waals surface area contributed by atoms with Gasteiger partial charge in [0.25, 0.3) is 0 Å². The number of hydrogen-bond donors (Lipinski definition) is 0. The molecule has 1 fully saturated rings. The molecule has 6 heteroatoms. The molecule has 0 bridgehead atoms. The molecule has 2 atom stereocenters. The molecule has 2 heterocycles. The van der Waals surface area contributed by atoms with E-state index in [0.29, 0.717) is 19.5 Å². The summed E-state index contributed by atoms with van der Waals surface area (Å²) in [7, 11) is 0. The topological polar surface area (TPSA) is 69.1 Å². The maximum Gasteiger partial charge on any atom is 0.223 e. The van der Waals surface area contributed by atoms with Gasteiger partial charge in [-0.15, -0.1) is 11.3 Å². The molecule has 0 spiro atoms. The highest BCUT2D eigenvalue weighted by molar-refractivity contribution is 7.10. The van der Waals surface area contributed by atoms with Gasteiger partial charge in [-0.2, -0.15) is 0 Å². The Morgan fingerprint density at radius 1 is 1.32 bits per heavy atom. The first-order valence-corrected chi connectivity index (χ1v) is 8.06. The third kappa shape index (κ3) is 2.98. The van der Waals surface area contributed by atoms with Gasteiger partial charge in [-0.3, -0.25) is 4.79 Å². The van der Waals surface area contributed by atoms with Crippen molar-refractivity contribution in [3.8, 4) is 0 Å². The van der Waals surface area contributed by atoms with Crippen LogP contribution in [-0.2, 0) is 4.79 Å². The molecule has 2 aromatic rings. The van der Waals surface area contributed by atoms with Crippen molar-refractivity contribution in [1.82, 2.24) is 4.90 Å². The second kappa shape index (κ2) is 6.64. The van der Waals surface area contributed by atoms with Crippen molar-refractivity contribution in [2.24, 2.45) is 11.0 Å². The summed E-state index contributed by atoms with van der Waals surface area (Å²) in [6.45, 7) is 1.01. The third-order valence-electron chi connectivity index (χ3n) is 3.88. The van der Waals surface area contributed by atoms with E-state index in [9.17, 15) is 4.79 Å². The number of nitrogens with zero attached hydrogens (tertiary/aromatic N) is 4. The minimum Gasteiger partial charge on any atom is -0.330 e. The molecule has 1 aromatic heterocycles. The highest BCUT2D eigenvalue weighted by atomic mass is 32.1. The molecule has 0 N–H and O–H groups in total. The maximum absolute atomic E-state index is 12.5. The summed E-state index contributed by atoms with van der Waals surface area (Å²) >= 11 is 1.66. The Kier molecular flexibility index (Phi) is 4.42. The predicted molar refractivity (Wildman–Crippen MR) is 86.4 cm³/mol. The number of carbonyl (C=O) groups is 1. The van der Waals surface area contributed by atoms with Crippen molar-refractivity contribution >= 4 is 17.2 Å². The fourth-order valence-corrected chi connectivity index (χ4v) is 3.78. The molecule has 0 saturated carbocycles. The number of likely N-dealkylation sites (tertiary alicyclic amines) is 1. The monoisotopic (exact) mass is 312 g/mol. The lowest BCUT2D eigenvalue weighted by Gasteiger charge is -2.28. The largest absolute Gasteiger partial charge is 0.330 e. The highest BCUT2D eigenvalue weighted by Gasteiger charge is 2.35. The Labute approximate surface area is 132 Å². The highest BCUT2D eigenvalue weighted by Crippen LogP contribution is 2.36. The minimum absolute atomic E-state index is 0.0511. The van der Waals surface area contributed by atoms with Gasteiger partial charge < -0.3 is 4.90 Å². The van der Waals surface area contributed by atoms with Crippen molar-refractivity contribution in [3.63, 3.8) is 0 Å². The van der Waals surface area contributed by atoms with Gasteiger partial charge in [0.15, 0.2) is 0 Å². The summed E-state index contributed by atoms with van der Waals surface area (Å²) in [4.78, 5) is 18.3. The fraction of sp³-hybridized carbons (Fsp3) is 0.312. The maximum atomic E-state index is 12.5. The fourth-order valence-electron chi connectivity index (χ4n) is 2.91. The number of thiophene rings is 1. The lowest BCUT2D eigenvalue weighted by atomic mass is 10.0. The summed E-state index contributed by atoms with van der Waals surface area (Å²) in [6, 6.07) is 14.1. The van der Waals surface area contributed by atoms with Gasteiger partial charge >= 0.3 is 0 Å². The van der Waals surface area contributed by atoms with E-state index in [4.69, 9.17) is 5.53 Å². The lowest BCUT2D eigenvalue weighted by molar-refractivity contribution is -0.129. The van der Waals surface area contributed by atoms with Crippen molar-refractivity contribution < 1.29 is 4.79 Å². The number of carbonyl (C=O) groups excluding carboxylic acids is 1. The average Bonchev–Trinajstić information content (AvgIpc) is 3.18. The summed E-state index contributed by atoms with van der Waals surface area (Å²) in [5, 5.41) is 5.65. The van der Waals surface area contributed by atoms with Crippen LogP contribution in [0.1, 0.15) is 22.9 Å². The van der Waals surface area contributed by atoms with Gasteiger partial charge in [0, 0.05) is 29.3 Å². The average molecular weight is 312 g/mol. The smallest absolute Gasteiger partial charge is 0.223 e. The first-order chi connectivity index (χ1) is 10.8.